The van der Waals surface area contributed by atoms with Crippen molar-refractivity contribution in [3.05, 3.63) is 84.9 Å². The molecule has 0 saturated heterocycles. The predicted molar refractivity (Wildman–Crippen MR) is 69.7 cm³/mol. The summed E-state index contributed by atoms with van der Waals surface area (Å²) in [7, 11) is 0. The normalized spacial score (nSPS) is 7.82. The van der Waals surface area contributed by atoms with Gasteiger partial charge in [0.2, 0.25) is 0 Å². The number of benzene rings is 2. The summed E-state index contributed by atoms with van der Waals surface area (Å²) in [5, 5.41) is 18.8. The maximum atomic E-state index is 9.41. The van der Waals surface area contributed by atoms with E-state index in [2.05, 4.69) is 12.1 Å². The van der Waals surface area contributed by atoms with E-state index in [1.54, 1.807) is 0 Å². The van der Waals surface area contributed by atoms with Gasteiger partial charge in [-0.25, -0.2) is 0 Å². The molecule has 0 heterocycles. The van der Waals surface area contributed by atoms with Crippen molar-refractivity contribution in [1.82, 2.24) is 0 Å². The summed E-state index contributed by atoms with van der Waals surface area (Å²) in [4.78, 5) is 18.8. The third kappa shape index (κ3) is 24.0. The first kappa shape index (κ1) is 25.9. The van der Waals surface area contributed by atoms with E-state index in [1.165, 1.54) is 0 Å². The second kappa shape index (κ2) is 20.0. The molecular formula is C16H12Hg2O4. The quantitative estimate of drug-likeness (QED) is 0.334. The van der Waals surface area contributed by atoms with Gasteiger partial charge in [0, 0.05) is 0 Å². The zero-order chi connectivity index (χ0) is 15.1. The minimum Gasteiger partial charge on any atom is -0.545 e. The summed E-state index contributed by atoms with van der Waals surface area (Å²) in [6.07, 6.45) is 0.769. The average Bonchev–Trinajstić information content (AvgIpc) is 2.50. The molecule has 0 aliphatic rings. The summed E-state index contributed by atoms with van der Waals surface area (Å²) in [6.45, 7) is 0. The molecule has 0 fully saturated rings. The molecule has 2 aromatic rings. The minimum atomic E-state index is -1.55. The van der Waals surface area contributed by atoms with Crippen LogP contribution < -0.4 is 10.2 Å². The van der Waals surface area contributed by atoms with Gasteiger partial charge in [-0.15, -0.1) is 0 Å². The molecule has 22 heavy (non-hydrogen) atoms. The Kier molecular flexibility index (Phi) is 23.5. The van der Waals surface area contributed by atoms with Crippen LogP contribution in [0.25, 0.3) is 0 Å². The Morgan fingerprint density at radius 3 is 1.00 bits per heavy atom. The van der Waals surface area contributed by atoms with Crippen molar-refractivity contribution in [2.45, 2.75) is 0 Å². The fraction of sp³-hybridized carbons (Fsp3) is 0. The van der Waals surface area contributed by atoms with Crippen molar-refractivity contribution in [2.24, 2.45) is 0 Å². The van der Waals surface area contributed by atoms with Gasteiger partial charge in [0.25, 0.3) is 0 Å². The third-order valence-corrected chi connectivity index (χ3v) is 1.57. The Labute approximate surface area is 170 Å². The molecule has 0 N–H and O–H groups in total. The summed E-state index contributed by atoms with van der Waals surface area (Å²) in [6, 6.07) is 25.0. The van der Waals surface area contributed by atoms with Crippen LogP contribution in [0.2, 0.25) is 0 Å². The van der Waals surface area contributed by atoms with E-state index in [4.69, 9.17) is 0 Å². The van der Waals surface area contributed by atoms with Crippen molar-refractivity contribution in [3.8, 4) is 0 Å². The molecule has 0 saturated carbocycles. The van der Waals surface area contributed by atoms with Crippen LogP contribution in [0.4, 0.5) is 0 Å². The van der Waals surface area contributed by atoms with Crippen LogP contribution in [-0.4, -0.2) is 11.9 Å². The van der Waals surface area contributed by atoms with Crippen LogP contribution in [0, 0.1) is 12.1 Å². The molecule has 0 spiro atoms. The van der Waals surface area contributed by atoms with Crippen LogP contribution in [0.1, 0.15) is 0 Å². The number of hydrogen-bond acceptors (Lipinski definition) is 4. The van der Waals surface area contributed by atoms with Gasteiger partial charge in [-0.1, -0.05) is 60.7 Å². The number of aliphatic carboxylic acids is 2. The molecule has 0 aromatic heterocycles. The van der Waals surface area contributed by atoms with Gasteiger partial charge in [-0.05, 0) is 24.3 Å². The number of rotatable bonds is 2. The molecule has 0 aliphatic heterocycles. The number of carboxylic acid groups (broad SMARTS) is 2. The molecule has 104 valence electrons. The van der Waals surface area contributed by atoms with E-state index < -0.39 is 11.9 Å². The zero-order valence-corrected chi connectivity index (χ0v) is 23.0. The van der Waals surface area contributed by atoms with Gasteiger partial charge in [-0.2, -0.15) is 0 Å². The van der Waals surface area contributed by atoms with Crippen LogP contribution >= 0.6 is 0 Å². The summed E-state index contributed by atoms with van der Waals surface area (Å²) in [5.74, 6) is -3.09. The SMILES string of the molecule is O=C([O-])/C=C/C(=O)[O-].[Hg+].[Hg+].[c]1ccccc1.[c]1ccccc1. The third-order valence-electron chi connectivity index (χ3n) is 1.57. The number of carbonyl (C=O) groups excluding carboxylic acids is 2. The Hall–Kier alpha value is -1.01. The first-order valence-corrected chi connectivity index (χ1v) is 5.55. The smallest absolute Gasteiger partial charge is 0.545 e. The van der Waals surface area contributed by atoms with Crippen molar-refractivity contribution >= 4 is 11.9 Å². The van der Waals surface area contributed by atoms with E-state index in [-0.39, 0.29) is 55.3 Å². The van der Waals surface area contributed by atoms with Crippen molar-refractivity contribution in [1.29, 1.82) is 0 Å². The zero-order valence-electron chi connectivity index (χ0n) is 12.0. The van der Waals surface area contributed by atoms with Crippen LogP contribution in [0.15, 0.2) is 72.8 Å². The van der Waals surface area contributed by atoms with E-state index in [0.29, 0.717) is 12.2 Å². The van der Waals surface area contributed by atoms with Gasteiger partial charge in [0.15, 0.2) is 0 Å². The molecule has 0 aliphatic carbocycles. The topological polar surface area (TPSA) is 80.3 Å². The fourth-order valence-electron chi connectivity index (χ4n) is 0.820. The number of hydrogen-bond donors (Lipinski definition) is 0. The monoisotopic (exact) mass is 672 g/mol. The van der Waals surface area contributed by atoms with Crippen LogP contribution in [-0.2, 0) is 64.9 Å². The van der Waals surface area contributed by atoms with Crippen molar-refractivity contribution < 1.29 is 75.1 Å². The predicted octanol–water partition coefficient (Wildman–Crippen LogP) is 0.0110. The summed E-state index contributed by atoms with van der Waals surface area (Å²) in [5.41, 5.74) is 0. The molecule has 0 bridgehead atoms. The van der Waals surface area contributed by atoms with Gasteiger partial charge in [0.05, 0.1) is 11.9 Å². The van der Waals surface area contributed by atoms with E-state index in [0.717, 1.165) is 0 Å². The van der Waals surface area contributed by atoms with Crippen LogP contribution in [0.3, 0.4) is 0 Å². The van der Waals surface area contributed by atoms with Crippen LogP contribution in [0.5, 0.6) is 0 Å². The first-order valence-electron chi connectivity index (χ1n) is 5.55. The Bertz CT molecular complexity index is 401. The molecule has 6 heteroatoms. The number of carbonyl (C=O) groups is 2. The van der Waals surface area contributed by atoms with Crippen molar-refractivity contribution in [2.75, 3.05) is 0 Å². The molecule has 2 aromatic carbocycles. The summed E-state index contributed by atoms with van der Waals surface area (Å²) < 4.78 is 0. The van der Waals surface area contributed by atoms with E-state index in [1.807, 2.05) is 60.7 Å². The Morgan fingerprint density at radius 2 is 0.909 bits per heavy atom. The van der Waals surface area contributed by atoms with Gasteiger partial charge >= 0.3 is 55.3 Å². The van der Waals surface area contributed by atoms with E-state index >= 15 is 0 Å². The first-order chi connectivity index (χ1) is 9.63. The molecule has 0 atom stereocenters. The fourth-order valence-corrected chi connectivity index (χ4v) is 0.820. The second-order valence-corrected chi connectivity index (χ2v) is 3.13. The molecule has 0 unspecified atom stereocenters. The molecular weight excluding hydrogens is 657 g/mol. The Balaban J connectivity index is -0.000000237. The molecule has 4 radical (unpaired) electrons. The molecule has 0 amide bonds. The second-order valence-electron chi connectivity index (χ2n) is 3.13. The minimum absolute atomic E-state index is 0. The molecule has 2 rings (SSSR count). The van der Waals surface area contributed by atoms with Gasteiger partial charge < -0.3 is 19.8 Å². The van der Waals surface area contributed by atoms with Crippen molar-refractivity contribution in [3.63, 3.8) is 0 Å². The summed E-state index contributed by atoms with van der Waals surface area (Å²) >= 11 is 0. The maximum Gasteiger partial charge on any atom is 1.00 e. The maximum absolute atomic E-state index is 9.41. The van der Waals surface area contributed by atoms with Gasteiger partial charge in [-0.3, -0.25) is 0 Å². The van der Waals surface area contributed by atoms with Gasteiger partial charge in [0.1, 0.15) is 0 Å². The Morgan fingerprint density at radius 1 is 0.636 bits per heavy atom. The standard InChI is InChI=1S/2C6H5.C4H4O4.2Hg/c2*1-2-4-6-5-3-1;5-3(6)1-2-4(7)8;;/h2*1-5H;1-2H,(H,5,6)(H,7,8);;/q;;;2*+1/p-2/b;;2-1+;;. The molecule has 4 nitrogen and oxygen atoms in total. The van der Waals surface area contributed by atoms with E-state index in [9.17, 15) is 19.8 Å². The largest absolute Gasteiger partial charge is 1.00 e. The average molecular weight is 669 g/mol. The number of carboxylic acids is 2.